The van der Waals surface area contributed by atoms with Gasteiger partial charge in [0.2, 0.25) is 0 Å². The Morgan fingerprint density at radius 1 is 1.05 bits per heavy atom. The average Bonchev–Trinajstić information content (AvgIpc) is 2.53. The molecule has 2 heteroatoms. The lowest BCUT2D eigenvalue weighted by Crippen LogP contribution is -2.12. The molecule has 0 aliphatic heterocycles. The van der Waals surface area contributed by atoms with Crippen molar-refractivity contribution in [3.05, 3.63) is 71.3 Å². The van der Waals surface area contributed by atoms with Crippen molar-refractivity contribution in [1.29, 1.82) is 0 Å². The number of Topliss-reactive ketones (excluding diaryl/α,β-unsaturated/α-hetero) is 1. The molecule has 104 valence electrons. The second-order valence-electron chi connectivity index (χ2n) is 5.03. The molecule has 1 atom stereocenters. The molecule has 2 N–H and O–H groups in total. The first kappa shape index (κ1) is 14.5. The summed E-state index contributed by atoms with van der Waals surface area (Å²) in [4.78, 5) is 12.1. The predicted molar refractivity (Wildman–Crippen MR) is 82.8 cm³/mol. The molecule has 0 heterocycles. The molecule has 0 aliphatic rings. The van der Waals surface area contributed by atoms with Gasteiger partial charge in [-0.05, 0) is 24.0 Å². The summed E-state index contributed by atoms with van der Waals surface area (Å²) in [6.45, 7) is 2.11. The van der Waals surface area contributed by atoms with Crippen molar-refractivity contribution in [3.8, 4) is 0 Å². The van der Waals surface area contributed by atoms with Gasteiger partial charge < -0.3 is 5.73 Å². The lowest BCUT2D eigenvalue weighted by atomic mass is 9.98. The van der Waals surface area contributed by atoms with Gasteiger partial charge in [-0.15, -0.1) is 0 Å². The Morgan fingerprint density at radius 3 is 2.30 bits per heavy atom. The molecule has 0 saturated carbocycles. The van der Waals surface area contributed by atoms with Crippen molar-refractivity contribution in [2.24, 2.45) is 5.73 Å². The van der Waals surface area contributed by atoms with Crippen LogP contribution in [0.1, 0.15) is 47.3 Å². The Hall–Kier alpha value is -1.93. The number of ketones is 1. The SMILES string of the molecule is CCc1ccc(C(=O)CCC(N)c2ccccc2)cc1. The van der Waals surface area contributed by atoms with Crippen LogP contribution in [0.3, 0.4) is 0 Å². The van der Waals surface area contributed by atoms with Gasteiger partial charge in [0.05, 0.1) is 0 Å². The molecule has 2 aromatic carbocycles. The highest BCUT2D eigenvalue weighted by Gasteiger charge is 2.10. The zero-order valence-electron chi connectivity index (χ0n) is 11.9. The highest BCUT2D eigenvalue weighted by Crippen LogP contribution is 2.17. The quantitative estimate of drug-likeness (QED) is 0.806. The fraction of sp³-hybridized carbons (Fsp3) is 0.278. The summed E-state index contributed by atoms with van der Waals surface area (Å²) < 4.78 is 0. The molecule has 2 rings (SSSR count). The number of carbonyl (C=O) groups excluding carboxylic acids is 1. The Morgan fingerprint density at radius 2 is 1.70 bits per heavy atom. The van der Waals surface area contributed by atoms with Crippen LogP contribution in [0.25, 0.3) is 0 Å². The van der Waals surface area contributed by atoms with Crippen LogP contribution in [-0.4, -0.2) is 5.78 Å². The lowest BCUT2D eigenvalue weighted by Gasteiger charge is -2.11. The van der Waals surface area contributed by atoms with Gasteiger partial charge in [-0.2, -0.15) is 0 Å². The standard InChI is InChI=1S/C18H21NO/c1-2-14-8-10-16(11-9-14)18(20)13-12-17(19)15-6-4-3-5-7-15/h3-11,17H,2,12-13,19H2,1H3. The van der Waals surface area contributed by atoms with Crippen molar-refractivity contribution in [2.45, 2.75) is 32.2 Å². The zero-order valence-corrected chi connectivity index (χ0v) is 11.9. The second kappa shape index (κ2) is 7.01. The maximum absolute atomic E-state index is 12.1. The summed E-state index contributed by atoms with van der Waals surface area (Å²) in [7, 11) is 0. The minimum absolute atomic E-state index is 0.0740. The molecule has 20 heavy (non-hydrogen) atoms. The van der Waals surface area contributed by atoms with Crippen LogP contribution >= 0.6 is 0 Å². The minimum atomic E-state index is -0.0740. The Kier molecular flexibility index (Phi) is 5.08. The van der Waals surface area contributed by atoms with Crippen LogP contribution < -0.4 is 5.73 Å². The van der Waals surface area contributed by atoms with Gasteiger partial charge in [-0.25, -0.2) is 0 Å². The smallest absolute Gasteiger partial charge is 0.162 e. The van der Waals surface area contributed by atoms with Gasteiger partial charge in [0, 0.05) is 18.0 Å². The molecule has 2 nitrogen and oxygen atoms in total. The van der Waals surface area contributed by atoms with Gasteiger partial charge in [0.15, 0.2) is 5.78 Å². The fourth-order valence-electron chi connectivity index (χ4n) is 2.22. The number of benzene rings is 2. The van der Waals surface area contributed by atoms with Crippen molar-refractivity contribution in [1.82, 2.24) is 0 Å². The molecule has 0 bridgehead atoms. The van der Waals surface area contributed by atoms with E-state index in [0.717, 1.165) is 17.5 Å². The van der Waals surface area contributed by atoms with E-state index in [9.17, 15) is 4.79 Å². The van der Waals surface area contributed by atoms with Gasteiger partial charge in [-0.3, -0.25) is 4.79 Å². The van der Waals surface area contributed by atoms with E-state index in [1.54, 1.807) is 0 Å². The van der Waals surface area contributed by atoms with Crippen LogP contribution in [0.15, 0.2) is 54.6 Å². The maximum Gasteiger partial charge on any atom is 0.162 e. The summed E-state index contributed by atoms with van der Waals surface area (Å²) in [6.07, 6.45) is 2.16. The fourth-order valence-corrected chi connectivity index (χ4v) is 2.22. The highest BCUT2D eigenvalue weighted by molar-refractivity contribution is 5.96. The van der Waals surface area contributed by atoms with Crippen molar-refractivity contribution in [2.75, 3.05) is 0 Å². The summed E-state index contributed by atoms with van der Waals surface area (Å²) in [5, 5.41) is 0. The maximum atomic E-state index is 12.1. The lowest BCUT2D eigenvalue weighted by molar-refractivity contribution is 0.0977. The van der Waals surface area contributed by atoms with Crippen LogP contribution in [0.2, 0.25) is 0 Å². The predicted octanol–water partition coefficient (Wildman–Crippen LogP) is 3.91. The van der Waals surface area contributed by atoms with E-state index >= 15 is 0 Å². The normalized spacial score (nSPS) is 12.1. The number of nitrogens with two attached hydrogens (primary N) is 1. The van der Waals surface area contributed by atoms with Crippen LogP contribution in [0, 0.1) is 0 Å². The van der Waals surface area contributed by atoms with E-state index in [1.807, 2.05) is 54.6 Å². The van der Waals surface area contributed by atoms with E-state index in [4.69, 9.17) is 5.73 Å². The highest BCUT2D eigenvalue weighted by atomic mass is 16.1. The topological polar surface area (TPSA) is 43.1 Å². The zero-order chi connectivity index (χ0) is 14.4. The van der Waals surface area contributed by atoms with E-state index < -0.39 is 0 Å². The average molecular weight is 267 g/mol. The van der Waals surface area contributed by atoms with Crippen molar-refractivity contribution in [3.63, 3.8) is 0 Å². The Balaban J connectivity index is 1.91. The van der Waals surface area contributed by atoms with E-state index in [0.29, 0.717) is 12.8 Å². The number of aryl methyl sites for hydroxylation is 1. The molecule has 2 aromatic rings. The Bertz CT molecular complexity index is 545. The number of hydrogen-bond acceptors (Lipinski definition) is 2. The van der Waals surface area contributed by atoms with Crippen molar-refractivity contribution < 1.29 is 4.79 Å². The number of hydrogen-bond donors (Lipinski definition) is 1. The van der Waals surface area contributed by atoms with Crippen LogP contribution in [0.4, 0.5) is 0 Å². The van der Waals surface area contributed by atoms with E-state index in [1.165, 1.54) is 5.56 Å². The second-order valence-corrected chi connectivity index (χ2v) is 5.03. The van der Waals surface area contributed by atoms with Crippen LogP contribution in [-0.2, 0) is 6.42 Å². The van der Waals surface area contributed by atoms with Gasteiger partial charge in [0.25, 0.3) is 0 Å². The molecular weight excluding hydrogens is 246 g/mol. The summed E-state index contributed by atoms with van der Waals surface area (Å²) in [5.41, 5.74) is 9.23. The largest absolute Gasteiger partial charge is 0.324 e. The molecular formula is C18H21NO. The summed E-state index contributed by atoms with van der Waals surface area (Å²) in [5.74, 6) is 0.166. The molecule has 0 aromatic heterocycles. The van der Waals surface area contributed by atoms with Gasteiger partial charge in [0.1, 0.15) is 0 Å². The molecule has 0 amide bonds. The minimum Gasteiger partial charge on any atom is -0.324 e. The number of carbonyl (C=O) groups is 1. The van der Waals surface area contributed by atoms with Crippen molar-refractivity contribution >= 4 is 5.78 Å². The summed E-state index contributed by atoms with van der Waals surface area (Å²) in [6, 6.07) is 17.7. The third-order valence-corrected chi connectivity index (χ3v) is 3.59. The molecule has 0 spiro atoms. The van der Waals surface area contributed by atoms with Gasteiger partial charge >= 0.3 is 0 Å². The molecule has 1 unspecified atom stereocenters. The third kappa shape index (κ3) is 3.78. The first-order valence-electron chi connectivity index (χ1n) is 7.13. The number of rotatable bonds is 6. The third-order valence-electron chi connectivity index (χ3n) is 3.59. The first-order chi connectivity index (χ1) is 9.70. The molecule has 0 radical (unpaired) electrons. The first-order valence-corrected chi connectivity index (χ1v) is 7.13. The molecule has 0 fully saturated rings. The molecule has 0 saturated heterocycles. The van der Waals surface area contributed by atoms with Gasteiger partial charge in [-0.1, -0.05) is 61.5 Å². The van der Waals surface area contributed by atoms with Crippen LogP contribution in [0.5, 0.6) is 0 Å². The summed E-state index contributed by atoms with van der Waals surface area (Å²) >= 11 is 0. The van der Waals surface area contributed by atoms with E-state index in [2.05, 4.69) is 6.92 Å². The Labute approximate surface area is 120 Å². The monoisotopic (exact) mass is 267 g/mol. The van der Waals surface area contributed by atoms with E-state index in [-0.39, 0.29) is 11.8 Å². The molecule has 0 aliphatic carbocycles.